The summed E-state index contributed by atoms with van der Waals surface area (Å²) in [6.45, 7) is 0.658. The van der Waals surface area contributed by atoms with Gasteiger partial charge in [-0.25, -0.2) is 8.42 Å². The van der Waals surface area contributed by atoms with Gasteiger partial charge in [0.25, 0.3) is 0 Å². The van der Waals surface area contributed by atoms with Crippen LogP contribution < -0.4 is 5.32 Å². The zero-order chi connectivity index (χ0) is 14.2. The molecule has 1 aromatic heterocycles. The fourth-order valence-electron chi connectivity index (χ4n) is 2.56. The lowest BCUT2D eigenvalue weighted by atomic mass is 10.1. The van der Waals surface area contributed by atoms with Crippen molar-refractivity contribution in [3.8, 4) is 0 Å². The minimum atomic E-state index is -2.82. The highest BCUT2D eigenvalue weighted by molar-refractivity contribution is 7.91. The summed E-state index contributed by atoms with van der Waals surface area (Å²) in [5.41, 5.74) is 1.82. The molecule has 2 aromatic rings. The summed E-state index contributed by atoms with van der Waals surface area (Å²) in [5.74, 6) is 0.772. The van der Waals surface area contributed by atoms with E-state index < -0.39 is 9.84 Å². The van der Waals surface area contributed by atoms with Gasteiger partial charge in [0.05, 0.1) is 17.0 Å². The Morgan fingerprint density at radius 2 is 2.20 bits per heavy atom. The summed E-state index contributed by atoms with van der Waals surface area (Å²) in [6.07, 6.45) is 2.48. The quantitative estimate of drug-likeness (QED) is 0.947. The van der Waals surface area contributed by atoms with E-state index in [0.717, 1.165) is 23.0 Å². The molecule has 3 rings (SSSR count). The van der Waals surface area contributed by atoms with Crippen LogP contribution in [0, 0.1) is 5.92 Å². The van der Waals surface area contributed by atoms with E-state index in [1.807, 2.05) is 24.3 Å². The lowest BCUT2D eigenvalue weighted by Crippen LogP contribution is -2.15. The molecule has 4 nitrogen and oxygen atoms in total. The van der Waals surface area contributed by atoms with Crippen LogP contribution in [0.5, 0.6) is 0 Å². The summed E-state index contributed by atoms with van der Waals surface area (Å²) >= 11 is 6.02. The molecule has 0 aliphatic carbocycles. The first-order chi connectivity index (χ1) is 9.53. The number of nitrogens with one attached hydrogen (secondary N) is 1. The van der Waals surface area contributed by atoms with Crippen LogP contribution in [0.4, 0.5) is 5.69 Å². The fraction of sp³-hybridized carbons (Fsp3) is 0.357. The number of pyridine rings is 1. The van der Waals surface area contributed by atoms with E-state index in [1.54, 1.807) is 6.20 Å². The van der Waals surface area contributed by atoms with E-state index in [0.29, 0.717) is 17.3 Å². The minimum Gasteiger partial charge on any atom is -0.384 e. The van der Waals surface area contributed by atoms with Crippen LogP contribution in [0.15, 0.2) is 30.5 Å². The summed E-state index contributed by atoms with van der Waals surface area (Å²) < 4.78 is 22.9. The predicted molar refractivity (Wildman–Crippen MR) is 82.0 cm³/mol. The van der Waals surface area contributed by atoms with Gasteiger partial charge in [-0.15, -0.1) is 0 Å². The Bertz CT molecular complexity index is 746. The van der Waals surface area contributed by atoms with Gasteiger partial charge in [0, 0.05) is 28.8 Å². The molecule has 20 heavy (non-hydrogen) atoms. The SMILES string of the molecule is O=S1(=O)CC[C@@H](CNc2ccnc3ccc(Cl)cc23)C1. The fourth-order valence-corrected chi connectivity index (χ4v) is 4.59. The molecule has 1 aliphatic rings. The van der Waals surface area contributed by atoms with Gasteiger partial charge in [-0.1, -0.05) is 11.6 Å². The van der Waals surface area contributed by atoms with Crippen molar-refractivity contribution in [3.05, 3.63) is 35.5 Å². The lowest BCUT2D eigenvalue weighted by molar-refractivity contribution is 0.596. The van der Waals surface area contributed by atoms with Crippen LogP contribution in [0.1, 0.15) is 6.42 Å². The molecular formula is C14H15ClN2O2S. The van der Waals surface area contributed by atoms with Crippen LogP contribution in [-0.2, 0) is 9.84 Å². The number of fused-ring (bicyclic) bond motifs is 1. The molecule has 2 heterocycles. The number of hydrogen-bond donors (Lipinski definition) is 1. The van der Waals surface area contributed by atoms with Crippen molar-refractivity contribution in [1.82, 2.24) is 4.98 Å². The molecule has 0 spiro atoms. The van der Waals surface area contributed by atoms with Crippen molar-refractivity contribution in [3.63, 3.8) is 0 Å². The van der Waals surface area contributed by atoms with E-state index in [2.05, 4.69) is 10.3 Å². The zero-order valence-electron chi connectivity index (χ0n) is 10.8. The molecule has 6 heteroatoms. The van der Waals surface area contributed by atoms with Gasteiger partial charge in [-0.05, 0) is 36.6 Å². The highest BCUT2D eigenvalue weighted by Crippen LogP contribution is 2.26. The number of anilines is 1. The number of sulfone groups is 1. The molecule has 0 amide bonds. The van der Waals surface area contributed by atoms with E-state index >= 15 is 0 Å². The van der Waals surface area contributed by atoms with Gasteiger partial charge in [0.1, 0.15) is 0 Å². The van der Waals surface area contributed by atoms with Crippen LogP contribution in [0.3, 0.4) is 0 Å². The van der Waals surface area contributed by atoms with Crippen LogP contribution >= 0.6 is 11.6 Å². The third kappa shape index (κ3) is 2.88. The number of nitrogens with zero attached hydrogens (tertiary/aromatic N) is 1. The third-order valence-corrected chi connectivity index (χ3v) is 5.68. The summed E-state index contributed by atoms with van der Waals surface area (Å²) in [4.78, 5) is 4.29. The summed E-state index contributed by atoms with van der Waals surface area (Å²) in [6, 6.07) is 7.45. The van der Waals surface area contributed by atoms with Gasteiger partial charge in [-0.2, -0.15) is 0 Å². The number of hydrogen-bond acceptors (Lipinski definition) is 4. The minimum absolute atomic E-state index is 0.183. The van der Waals surface area contributed by atoms with Gasteiger partial charge < -0.3 is 5.32 Å². The largest absolute Gasteiger partial charge is 0.384 e. The summed E-state index contributed by atoms with van der Waals surface area (Å²) in [5, 5.41) is 4.95. The van der Waals surface area contributed by atoms with Crippen molar-refractivity contribution in [2.75, 3.05) is 23.4 Å². The van der Waals surface area contributed by atoms with E-state index in [1.165, 1.54) is 0 Å². The molecule has 0 bridgehead atoms. The standard InChI is InChI=1S/C14H15ClN2O2S/c15-11-1-2-13-12(7-11)14(3-5-16-13)17-8-10-4-6-20(18,19)9-10/h1-3,5,7,10H,4,6,8-9H2,(H,16,17)/t10-/m0/s1. The second-order valence-corrected chi connectivity index (χ2v) is 7.84. The Balaban J connectivity index is 1.79. The summed E-state index contributed by atoms with van der Waals surface area (Å²) in [7, 11) is -2.82. The Hall–Kier alpha value is -1.33. The molecule has 0 saturated carbocycles. The molecule has 1 aliphatic heterocycles. The van der Waals surface area contributed by atoms with Crippen molar-refractivity contribution < 1.29 is 8.42 Å². The Kier molecular flexibility index (Phi) is 3.56. The molecule has 0 unspecified atom stereocenters. The molecule has 1 N–H and O–H groups in total. The first-order valence-electron chi connectivity index (χ1n) is 6.52. The first kappa shape index (κ1) is 13.6. The normalized spacial score (nSPS) is 21.1. The predicted octanol–water partition coefficient (Wildman–Crippen LogP) is 2.73. The van der Waals surface area contributed by atoms with Gasteiger partial charge in [-0.3, -0.25) is 4.98 Å². The molecule has 1 aromatic carbocycles. The Morgan fingerprint density at radius 1 is 1.35 bits per heavy atom. The number of aromatic nitrogens is 1. The number of benzene rings is 1. The van der Waals surface area contributed by atoms with Crippen molar-refractivity contribution in [1.29, 1.82) is 0 Å². The second kappa shape index (κ2) is 5.22. The molecule has 1 atom stereocenters. The van der Waals surface area contributed by atoms with Crippen LogP contribution in [-0.4, -0.2) is 31.5 Å². The van der Waals surface area contributed by atoms with Crippen LogP contribution in [0.2, 0.25) is 5.02 Å². The Morgan fingerprint density at radius 3 is 2.95 bits per heavy atom. The first-order valence-corrected chi connectivity index (χ1v) is 8.72. The van der Waals surface area contributed by atoms with Gasteiger partial charge in [0.2, 0.25) is 0 Å². The topological polar surface area (TPSA) is 59.1 Å². The lowest BCUT2D eigenvalue weighted by Gasteiger charge is -2.13. The number of halogens is 1. The maximum absolute atomic E-state index is 11.5. The van der Waals surface area contributed by atoms with Crippen molar-refractivity contribution in [2.24, 2.45) is 5.92 Å². The zero-order valence-corrected chi connectivity index (χ0v) is 12.4. The molecule has 0 radical (unpaired) electrons. The molecule has 1 fully saturated rings. The molecular weight excluding hydrogens is 296 g/mol. The van der Waals surface area contributed by atoms with Crippen LogP contribution in [0.25, 0.3) is 10.9 Å². The van der Waals surface area contributed by atoms with E-state index in [-0.39, 0.29) is 11.7 Å². The highest BCUT2D eigenvalue weighted by atomic mass is 35.5. The average Bonchev–Trinajstić information content (AvgIpc) is 2.76. The average molecular weight is 311 g/mol. The van der Waals surface area contributed by atoms with E-state index in [9.17, 15) is 8.42 Å². The van der Waals surface area contributed by atoms with E-state index in [4.69, 9.17) is 11.6 Å². The molecule has 106 valence electrons. The smallest absolute Gasteiger partial charge is 0.150 e. The number of rotatable bonds is 3. The Labute approximate surface area is 123 Å². The van der Waals surface area contributed by atoms with Crippen molar-refractivity contribution in [2.45, 2.75) is 6.42 Å². The van der Waals surface area contributed by atoms with Gasteiger partial charge in [0.15, 0.2) is 9.84 Å². The van der Waals surface area contributed by atoms with Gasteiger partial charge >= 0.3 is 0 Å². The molecule has 1 saturated heterocycles. The maximum atomic E-state index is 11.5. The third-order valence-electron chi connectivity index (χ3n) is 3.61. The van der Waals surface area contributed by atoms with Crippen molar-refractivity contribution >= 4 is 38.0 Å². The second-order valence-electron chi connectivity index (χ2n) is 5.17. The highest BCUT2D eigenvalue weighted by Gasteiger charge is 2.27. The maximum Gasteiger partial charge on any atom is 0.150 e. The monoisotopic (exact) mass is 310 g/mol.